The van der Waals surface area contributed by atoms with Gasteiger partial charge >= 0.3 is 6.09 Å². The Balaban J connectivity index is 2.83. The lowest BCUT2D eigenvalue weighted by Gasteiger charge is -2.35. The number of nitrogens with zero attached hydrogens (tertiary/aromatic N) is 1. The van der Waals surface area contributed by atoms with Crippen LogP contribution in [0.3, 0.4) is 0 Å². The summed E-state index contributed by atoms with van der Waals surface area (Å²) in [6, 6.07) is -0.273. The number of hydrogen-bond donors (Lipinski definition) is 2. The summed E-state index contributed by atoms with van der Waals surface area (Å²) < 4.78 is 0. The first-order valence-electron chi connectivity index (χ1n) is 4.51. The molecule has 1 aliphatic heterocycles. The third-order valence-electron chi connectivity index (χ3n) is 2.50. The Morgan fingerprint density at radius 2 is 2.00 bits per heavy atom. The van der Waals surface area contributed by atoms with Gasteiger partial charge in [0.25, 0.3) is 0 Å². The van der Waals surface area contributed by atoms with Crippen LogP contribution in [0, 0.1) is 5.41 Å². The van der Waals surface area contributed by atoms with E-state index < -0.39 is 12.2 Å². The van der Waals surface area contributed by atoms with E-state index in [-0.39, 0.29) is 11.5 Å². The number of amides is 1. The highest BCUT2D eigenvalue weighted by atomic mass is 16.4. The molecule has 0 spiro atoms. The van der Waals surface area contributed by atoms with Crippen molar-refractivity contribution in [2.45, 2.75) is 39.3 Å². The smallest absolute Gasteiger partial charge is 0.407 e. The molecule has 1 fully saturated rings. The minimum absolute atomic E-state index is 0.200. The van der Waals surface area contributed by atoms with Gasteiger partial charge in [-0.15, -0.1) is 0 Å². The van der Waals surface area contributed by atoms with Gasteiger partial charge < -0.3 is 15.1 Å². The Morgan fingerprint density at radius 3 is 2.31 bits per heavy atom. The molecule has 0 aromatic rings. The number of aliphatic hydroxyl groups excluding tert-OH is 1. The lowest BCUT2D eigenvalue weighted by molar-refractivity contribution is 0.0459. The second-order valence-electron chi connectivity index (χ2n) is 4.64. The topological polar surface area (TPSA) is 60.8 Å². The number of carboxylic acid groups (broad SMARTS) is 1. The van der Waals surface area contributed by atoms with Gasteiger partial charge in [0.05, 0.1) is 12.1 Å². The molecular weight excluding hydrogens is 170 g/mol. The van der Waals surface area contributed by atoms with Crippen LogP contribution < -0.4 is 0 Å². The van der Waals surface area contributed by atoms with Gasteiger partial charge in [0.1, 0.15) is 0 Å². The number of aliphatic hydroxyl groups is 1. The van der Waals surface area contributed by atoms with E-state index in [0.29, 0.717) is 13.0 Å². The number of hydrogen-bond acceptors (Lipinski definition) is 2. The first-order valence-corrected chi connectivity index (χ1v) is 4.51. The van der Waals surface area contributed by atoms with Crippen LogP contribution in [0.5, 0.6) is 0 Å². The zero-order chi connectivity index (χ0) is 10.2. The molecule has 1 aliphatic rings. The highest BCUT2D eigenvalue weighted by Gasteiger charge is 2.43. The maximum atomic E-state index is 10.8. The minimum atomic E-state index is -0.934. The third-order valence-corrected chi connectivity index (χ3v) is 2.50. The van der Waals surface area contributed by atoms with Crippen molar-refractivity contribution in [2.24, 2.45) is 5.41 Å². The van der Waals surface area contributed by atoms with Gasteiger partial charge in [0.2, 0.25) is 0 Å². The fraction of sp³-hybridized carbons (Fsp3) is 0.889. The molecule has 2 N–H and O–H groups in total. The summed E-state index contributed by atoms with van der Waals surface area (Å²) in [6.07, 6.45) is -0.901. The lowest BCUT2D eigenvalue weighted by Crippen LogP contribution is -2.47. The molecule has 1 amide bonds. The molecule has 1 unspecified atom stereocenters. The van der Waals surface area contributed by atoms with Gasteiger partial charge in [-0.05, 0) is 11.8 Å². The molecule has 0 bridgehead atoms. The molecule has 0 aliphatic carbocycles. The summed E-state index contributed by atoms with van der Waals surface area (Å²) in [6.45, 7) is 6.28. The lowest BCUT2D eigenvalue weighted by atomic mass is 9.84. The first kappa shape index (κ1) is 10.3. The first-order chi connectivity index (χ1) is 5.84. The van der Waals surface area contributed by atoms with Crippen molar-refractivity contribution in [3.05, 3.63) is 0 Å². The van der Waals surface area contributed by atoms with E-state index in [1.165, 1.54) is 4.90 Å². The van der Waals surface area contributed by atoms with Crippen molar-refractivity contribution in [2.75, 3.05) is 6.54 Å². The Morgan fingerprint density at radius 1 is 1.46 bits per heavy atom. The summed E-state index contributed by atoms with van der Waals surface area (Å²) in [5.41, 5.74) is -0.200. The zero-order valence-electron chi connectivity index (χ0n) is 8.32. The van der Waals surface area contributed by atoms with Crippen molar-refractivity contribution in [1.29, 1.82) is 0 Å². The van der Waals surface area contributed by atoms with Crippen LogP contribution in [0.15, 0.2) is 0 Å². The summed E-state index contributed by atoms with van der Waals surface area (Å²) in [5.74, 6) is 0. The van der Waals surface area contributed by atoms with Crippen LogP contribution in [0.1, 0.15) is 27.2 Å². The molecule has 1 heterocycles. The van der Waals surface area contributed by atoms with Gasteiger partial charge in [-0.2, -0.15) is 0 Å². The van der Waals surface area contributed by atoms with E-state index in [1.807, 2.05) is 20.8 Å². The van der Waals surface area contributed by atoms with Gasteiger partial charge in [-0.1, -0.05) is 20.8 Å². The number of rotatable bonds is 0. The molecule has 13 heavy (non-hydrogen) atoms. The van der Waals surface area contributed by atoms with Crippen LogP contribution in [-0.4, -0.2) is 39.9 Å². The summed E-state index contributed by atoms with van der Waals surface area (Å²) in [7, 11) is 0. The highest BCUT2D eigenvalue weighted by Crippen LogP contribution is 2.32. The van der Waals surface area contributed by atoms with Gasteiger partial charge in [0, 0.05) is 6.54 Å². The van der Waals surface area contributed by atoms with E-state index in [9.17, 15) is 9.90 Å². The Hall–Kier alpha value is -0.770. The molecule has 0 aromatic carbocycles. The Bertz CT molecular complexity index is 209. The van der Waals surface area contributed by atoms with Gasteiger partial charge in [0.15, 0.2) is 0 Å². The molecule has 0 saturated carbocycles. The van der Waals surface area contributed by atoms with Crippen LogP contribution in [0.2, 0.25) is 0 Å². The third kappa shape index (κ3) is 1.94. The predicted molar refractivity (Wildman–Crippen MR) is 48.6 cm³/mol. The molecule has 1 saturated heterocycles. The second-order valence-corrected chi connectivity index (χ2v) is 4.64. The van der Waals surface area contributed by atoms with Crippen LogP contribution in [0.25, 0.3) is 0 Å². The second kappa shape index (κ2) is 3.18. The zero-order valence-corrected chi connectivity index (χ0v) is 8.32. The summed E-state index contributed by atoms with van der Waals surface area (Å²) >= 11 is 0. The molecule has 4 nitrogen and oxygen atoms in total. The average molecular weight is 187 g/mol. The van der Waals surface area contributed by atoms with Gasteiger partial charge in [-0.3, -0.25) is 0 Å². The van der Waals surface area contributed by atoms with Gasteiger partial charge in [-0.25, -0.2) is 4.79 Å². The van der Waals surface area contributed by atoms with E-state index in [4.69, 9.17) is 5.11 Å². The normalized spacial score (nSPS) is 29.4. The number of carbonyl (C=O) groups is 1. The van der Waals surface area contributed by atoms with E-state index in [1.54, 1.807) is 0 Å². The maximum Gasteiger partial charge on any atom is 0.407 e. The van der Waals surface area contributed by atoms with Crippen molar-refractivity contribution in [3.8, 4) is 0 Å². The quantitative estimate of drug-likeness (QED) is 0.598. The molecule has 4 heteroatoms. The van der Waals surface area contributed by atoms with Crippen molar-refractivity contribution < 1.29 is 15.0 Å². The van der Waals surface area contributed by atoms with Crippen LogP contribution in [0.4, 0.5) is 4.79 Å². The minimum Gasteiger partial charge on any atom is -0.465 e. The van der Waals surface area contributed by atoms with E-state index in [2.05, 4.69) is 0 Å². The summed E-state index contributed by atoms with van der Waals surface area (Å²) in [5, 5.41) is 18.5. The molecule has 0 aromatic heterocycles. The fourth-order valence-corrected chi connectivity index (χ4v) is 2.04. The maximum absolute atomic E-state index is 10.8. The Kier molecular flexibility index (Phi) is 2.52. The van der Waals surface area contributed by atoms with Crippen LogP contribution in [-0.2, 0) is 0 Å². The molecular formula is C9H17NO3. The molecule has 0 radical (unpaired) electrons. The largest absolute Gasteiger partial charge is 0.465 e. The van der Waals surface area contributed by atoms with Crippen molar-refractivity contribution in [1.82, 2.24) is 4.90 Å². The van der Waals surface area contributed by atoms with Crippen LogP contribution >= 0.6 is 0 Å². The van der Waals surface area contributed by atoms with E-state index >= 15 is 0 Å². The molecule has 2 atom stereocenters. The standard InChI is InChI=1S/C9H17NO3/c1-9(2,3)7-6(11)4-5-10(7)8(12)13/h6-7,11H,4-5H2,1-3H3,(H,12,13)/t6?,7-/m0/s1. The fourth-order valence-electron chi connectivity index (χ4n) is 2.04. The Labute approximate surface area is 78.2 Å². The monoisotopic (exact) mass is 187 g/mol. The number of likely N-dealkylation sites (tertiary alicyclic amines) is 1. The van der Waals surface area contributed by atoms with Crippen molar-refractivity contribution in [3.63, 3.8) is 0 Å². The summed E-state index contributed by atoms with van der Waals surface area (Å²) in [4.78, 5) is 12.2. The van der Waals surface area contributed by atoms with E-state index in [0.717, 1.165) is 0 Å². The SMILES string of the molecule is CC(C)(C)[C@@H]1C(O)CCN1C(=O)O. The molecule has 1 rings (SSSR count). The highest BCUT2D eigenvalue weighted by molar-refractivity contribution is 5.66. The van der Waals surface area contributed by atoms with Crippen molar-refractivity contribution >= 4 is 6.09 Å². The molecule has 76 valence electrons. The predicted octanol–water partition coefficient (Wildman–Crippen LogP) is 1.15. The average Bonchev–Trinajstić information content (AvgIpc) is 2.28.